The van der Waals surface area contributed by atoms with Gasteiger partial charge >= 0.3 is 6.09 Å². The topological polar surface area (TPSA) is 72.5 Å². The fourth-order valence-corrected chi connectivity index (χ4v) is 3.36. The van der Waals surface area contributed by atoms with Crippen LogP contribution >= 0.6 is 0 Å². The van der Waals surface area contributed by atoms with Crippen molar-refractivity contribution in [3.63, 3.8) is 0 Å². The van der Waals surface area contributed by atoms with Crippen LogP contribution in [-0.2, 0) is 14.6 Å². The van der Waals surface area contributed by atoms with Crippen LogP contribution in [0.3, 0.4) is 0 Å². The molecule has 1 fully saturated rings. The molecule has 16 heavy (non-hydrogen) atoms. The van der Waals surface area contributed by atoms with Gasteiger partial charge in [0.05, 0.1) is 11.0 Å². The molecule has 6 heteroatoms. The Morgan fingerprint density at radius 1 is 1.44 bits per heavy atom. The van der Waals surface area contributed by atoms with Crippen LogP contribution in [0, 0.1) is 0 Å². The van der Waals surface area contributed by atoms with E-state index in [1.807, 2.05) is 0 Å². The van der Waals surface area contributed by atoms with Gasteiger partial charge in [-0.3, -0.25) is 0 Å². The molecule has 0 spiro atoms. The molecule has 0 bridgehead atoms. The second kappa shape index (κ2) is 4.61. The van der Waals surface area contributed by atoms with Crippen molar-refractivity contribution < 1.29 is 17.9 Å². The Balaban J connectivity index is 2.38. The average Bonchev–Trinajstić information content (AvgIpc) is 2.38. The van der Waals surface area contributed by atoms with E-state index < -0.39 is 26.8 Å². The van der Waals surface area contributed by atoms with E-state index >= 15 is 0 Å². The second-order valence-electron chi connectivity index (χ2n) is 5.01. The predicted molar refractivity (Wildman–Crippen MR) is 61.0 cm³/mol. The molecule has 1 aliphatic heterocycles. The van der Waals surface area contributed by atoms with Gasteiger partial charge in [0.25, 0.3) is 0 Å². The van der Waals surface area contributed by atoms with Crippen LogP contribution in [0.25, 0.3) is 0 Å². The van der Waals surface area contributed by atoms with E-state index in [0.29, 0.717) is 12.8 Å². The van der Waals surface area contributed by atoms with Crippen LogP contribution in [0.5, 0.6) is 0 Å². The molecular weight excluding hydrogens is 230 g/mol. The van der Waals surface area contributed by atoms with Crippen LogP contribution < -0.4 is 5.32 Å². The summed E-state index contributed by atoms with van der Waals surface area (Å²) in [4.78, 5) is 11.3. The van der Waals surface area contributed by atoms with Gasteiger partial charge in [0, 0.05) is 6.54 Å². The van der Waals surface area contributed by atoms with Crippen molar-refractivity contribution in [1.82, 2.24) is 5.32 Å². The molecular formula is C10H19NO4S. The number of hydrogen-bond donors (Lipinski definition) is 1. The van der Waals surface area contributed by atoms with E-state index in [0.717, 1.165) is 0 Å². The third kappa shape index (κ3) is 4.00. The molecule has 0 saturated carbocycles. The standard InChI is InChI=1S/C10H19NO4S/c1-10(2,3)15-9(12)11-7-8-5-4-6-16(8,13)14/h8H,4-7H2,1-3H3,(H,11,12). The minimum Gasteiger partial charge on any atom is -0.444 e. The van der Waals surface area contributed by atoms with E-state index in [-0.39, 0.29) is 12.3 Å². The first-order valence-electron chi connectivity index (χ1n) is 5.39. The van der Waals surface area contributed by atoms with Gasteiger partial charge in [0.2, 0.25) is 0 Å². The van der Waals surface area contributed by atoms with Gasteiger partial charge in [0.1, 0.15) is 5.60 Å². The number of nitrogens with one attached hydrogen (secondary N) is 1. The Labute approximate surface area is 96.5 Å². The molecule has 0 aromatic heterocycles. The summed E-state index contributed by atoms with van der Waals surface area (Å²) in [5, 5.41) is 2.05. The smallest absolute Gasteiger partial charge is 0.407 e. The molecule has 5 nitrogen and oxygen atoms in total. The molecule has 1 heterocycles. The lowest BCUT2D eigenvalue weighted by Crippen LogP contribution is -2.38. The van der Waals surface area contributed by atoms with Crippen LogP contribution in [0.1, 0.15) is 33.6 Å². The van der Waals surface area contributed by atoms with Crippen molar-refractivity contribution in [1.29, 1.82) is 0 Å². The summed E-state index contributed by atoms with van der Waals surface area (Å²) in [7, 11) is -3.00. The highest BCUT2D eigenvalue weighted by Gasteiger charge is 2.31. The zero-order valence-electron chi connectivity index (χ0n) is 9.95. The maximum atomic E-state index is 11.5. The summed E-state index contributed by atoms with van der Waals surface area (Å²) in [5.41, 5.74) is -0.557. The van der Waals surface area contributed by atoms with Crippen molar-refractivity contribution >= 4 is 15.9 Å². The summed E-state index contributed by atoms with van der Waals surface area (Å²) in [5.74, 6) is 0.230. The summed E-state index contributed by atoms with van der Waals surface area (Å²) in [6, 6.07) is 0. The molecule has 1 N–H and O–H groups in total. The van der Waals surface area contributed by atoms with Gasteiger partial charge in [0.15, 0.2) is 9.84 Å². The van der Waals surface area contributed by atoms with Crippen molar-refractivity contribution in [2.24, 2.45) is 0 Å². The van der Waals surface area contributed by atoms with Gasteiger partial charge in [-0.2, -0.15) is 0 Å². The van der Waals surface area contributed by atoms with Gasteiger partial charge < -0.3 is 10.1 Å². The zero-order chi connectivity index (χ0) is 12.4. The quantitative estimate of drug-likeness (QED) is 0.795. The van der Waals surface area contributed by atoms with Gasteiger partial charge in [-0.1, -0.05) is 0 Å². The number of carbonyl (C=O) groups excluding carboxylic acids is 1. The third-order valence-electron chi connectivity index (χ3n) is 2.34. The number of hydrogen-bond acceptors (Lipinski definition) is 4. The fraction of sp³-hybridized carbons (Fsp3) is 0.900. The van der Waals surface area contributed by atoms with Crippen molar-refractivity contribution in [2.45, 2.75) is 44.5 Å². The summed E-state index contributed by atoms with van der Waals surface area (Å²) < 4.78 is 28.0. The largest absolute Gasteiger partial charge is 0.444 e. The normalized spacial score (nSPS) is 24.1. The Morgan fingerprint density at radius 2 is 2.06 bits per heavy atom. The van der Waals surface area contributed by atoms with Gasteiger partial charge in [-0.25, -0.2) is 13.2 Å². The second-order valence-corrected chi connectivity index (χ2v) is 7.41. The summed E-state index contributed by atoms with van der Waals surface area (Å²) in [6.07, 6.45) is 0.746. The molecule has 0 aromatic rings. The molecule has 1 unspecified atom stereocenters. The highest BCUT2D eigenvalue weighted by atomic mass is 32.2. The van der Waals surface area contributed by atoms with Crippen molar-refractivity contribution in [3.8, 4) is 0 Å². The van der Waals surface area contributed by atoms with E-state index in [1.54, 1.807) is 20.8 Å². The van der Waals surface area contributed by atoms with Crippen LogP contribution in [0.15, 0.2) is 0 Å². The monoisotopic (exact) mass is 249 g/mol. The Bertz CT molecular complexity index is 356. The zero-order valence-corrected chi connectivity index (χ0v) is 10.8. The van der Waals surface area contributed by atoms with Crippen LogP contribution in [0.2, 0.25) is 0 Å². The fourth-order valence-electron chi connectivity index (χ4n) is 1.60. The highest BCUT2D eigenvalue weighted by molar-refractivity contribution is 7.92. The lowest BCUT2D eigenvalue weighted by molar-refractivity contribution is 0.0528. The Morgan fingerprint density at radius 3 is 2.50 bits per heavy atom. The SMILES string of the molecule is CC(C)(C)OC(=O)NCC1CCCS1(=O)=O. The maximum absolute atomic E-state index is 11.5. The highest BCUT2D eigenvalue weighted by Crippen LogP contribution is 2.19. The maximum Gasteiger partial charge on any atom is 0.407 e. The molecule has 1 rings (SSSR count). The molecule has 1 amide bonds. The molecule has 0 aliphatic carbocycles. The number of amides is 1. The molecule has 0 aromatic carbocycles. The number of rotatable bonds is 2. The number of sulfone groups is 1. The number of carbonyl (C=O) groups is 1. The van der Waals surface area contributed by atoms with Gasteiger partial charge in [-0.05, 0) is 33.6 Å². The lowest BCUT2D eigenvalue weighted by atomic mass is 10.2. The van der Waals surface area contributed by atoms with Crippen molar-refractivity contribution in [3.05, 3.63) is 0 Å². The van der Waals surface area contributed by atoms with Gasteiger partial charge in [-0.15, -0.1) is 0 Å². The van der Waals surface area contributed by atoms with E-state index in [4.69, 9.17) is 4.74 Å². The molecule has 1 aliphatic rings. The first kappa shape index (κ1) is 13.3. The predicted octanol–water partition coefficient (Wildman–Crippen LogP) is 1.09. The third-order valence-corrected chi connectivity index (χ3v) is 4.61. The lowest BCUT2D eigenvalue weighted by Gasteiger charge is -2.20. The minimum atomic E-state index is -3.00. The van der Waals surface area contributed by atoms with Crippen LogP contribution in [0.4, 0.5) is 4.79 Å². The van der Waals surface area contributed by atoms with E-state index in [9.17, 15) is 13.2 Å². The van der Waals surface area contributed by atoms with Crippen LogP contribution in [-0.4, -0.2) is 37.7 Å². The average molecular weight is 249 g/mol. The Hall–Kier alpha value is -0.780. The molecule has 1 atom stereocenters. The number of alkyl carbamates (subject to hydrolysis) is 1. The van der Waals surface area contributed by atoms with E-state index in [1.165, 1.54) is 0 Å². The Kier molecular flexibility index (Phi) is 3.83. The van der Waals surface area contributed by atoms with E-state index in [2.05, 4.69) is 5.32 Å². The molecule has 0 radical (unpaired) electrons. The van der Waals surface area contributed by atoms with Crippen molar-refractivity contribution in [2.75, 3.05) is 12.3 Å². The first-order valence-corrected chi connectivity index (χ1v) is 7.11. The summed E-state index contributed by atoms with van der Waals surface area (Å²) >= 11 is 0. The summed E-state index contributed by atoms with van der Waals surface area (Å²) in [6.45, 7) is 5.44. The molecule has 1 saturated heterocycles. The number of ether oxygens (including phenoxy) is 1. The molecule has 94 valence electrons. The first-order chi connectivity index (χ1) is 7.21. The minimum absolute atomic E-state index is 0.150.